The van der Waals surface area contributed by atoms with Crippen LogP contribution in [-0.4, -0.2) is 51.5 Å². The Morgan fingerprint density at radius 3 is 2.56 bits per heavy atom. The van der Waals surface area contributed by atoms with E-state index in [1.165, 1.54) is 30.6 Å². The standard InChI is InChI=1S/C27H24ClF3N6O2/c1-2-23(38)37-11-3-4-19(15-37)35-25-20(13-33-14-21(25)28)24(32)16-5-7-17(8-6-16)26(39)36-22-12-18(9-10-34-22)27(29,30)31/h2,5-10,12-14,19,32H,1,3-4,11,15H2,(H,33,35)(H,34,36,39). The lowest BCUT2D eigenvalue weighted by molar-refractivity contribution is -0.137. The molecule has 1 aromatic carbocycles. The summed E-state index contributed by atoms with van der Waals surface area (Å²) in [5.74, 6) is -1.03. The Bertz CT molecular complexity index is 1410. The Morgan fingerprint density at radius 2 is 1.87 bits per heavy atom. The van der Waals surface area contributed by atoms with E-state index in [9.17, 15) is 22.8 Å². The van der Waals surface area contributed by atoms with E-state index in [-0.39, 0.29) is 29.0 Å². The van der Waals surface area contributed by atoms with Crippen molar-refractivity contribution in [3.8, 4) is 0 Å². The lowest BCUT2D eigenvalue weighted by Gasteiger charge is -2.33. The SMILES string of the molecule is C=CC(=O)N1CCCC(Nc2c(Cl)cncc2C(=N)c2ccc(C(=O)Nc3cc(C(F)(F)F)ccn3)cc2)C1. The van der Waals surface area contributed by atoms with Gasteiger partial charge in [0.15, 0.2) is 0 Å². The number of carbonyl (C=O) groups excluding carboxylic acids is 2. The number of aromatic nitrogens is 2. The smallest absolute Gasteiger partial charge is 0.379 e. The fraction of sp³-hybridized carbons (Fsp3) is 0.222. The molecule has 39 heavy (non-hydrogen) atoms. The molecule has 3 heterocycles. The van der Waals surface area contributed by atoms with Gasteiger partial charge in [-0.2, -0.15) is 13.2 Å². The van der Waals surface area contributed by atoms with Gasteiger partial charge in [0.2, 0.25) is 5.91 Å². The number of halogens is 4. The van der Waals surface area contributed by atoms with E-state index >= 15 is 0 Å². The number of hydrogen-bond acceptors (Lipinski definition) is 6. The zero-order valence-electron chi connectivity index (χ0n) is 20.6. The molecule has 3 aromatic rings. The first-order valence-electron chi connectivity index (χ1n) is 11.9. The van der Waals surface area contributed by atoms with E-state index < -0.39 is 17.6 Å². The topological polar surface area (TPSA) is 111 Å². The number of hydrogen-bond donors (Lipinski definition) is 3. The third-order valence-electron chi connectivity index (χ3n) is 6.19. The molecule has 1 unspecified atom stereocenters. The van der Waals surface area contributed by atoms with Crippen LogP contribution in [-0.2, 0) is 11.0 Å². The molecule has 0 aliphatic carbocycles. The van der Waals surface area contributed by atoms with E-state index in [1.54, 1.807) is 17.0 Å². The van der Waals surface area contributed by atoms with Crippen LogP contribution in [0.3, 0.4) is 0 Å². The summed E-state index contributed by atoms with van der Waals surface area (Å²) in [6.45, 7) is 4.64. The molecule has 2 aromatic heterocycles. The predicted molar refractivity (Wildman–Crippen MR) is 142 cm³/mol. The maximum atomic E-state index is 12.9. The van der Waals surface area contributed by atoms with Gasteiger partial charge in [0.05, 0.1) is 22.0 Å². The van der Waals surface area contributed by atoms with Crippen LogP contribution in [0.2, 0.25) is 5.02 Å². The fourth-order valence-electron chi connectivity index (χ4n) is 4.21. The van der Waals surface area contributed by atoms with Crippen LogP contribution in [0.1, 0.15) is 39.9 Å². The number of nitrogens with zero attached hydrogens (tertiary/aromatic N) is 3. The summed E-state index contributed by atoms with van der Waals surface area (Å²) in [6.07, 6.45) is 2.26. The average Bonchev–Trinajstić information content (AvgIpc) is 2.93. The van der Waals surface area contributed by atoms with Gasteiger partial charge in [0.25, 0.3) is 5.91 Å². The minimum absolute atomic E-state index is 0.0915. The Kier molecular flexibility index (Phi) is 8.29. The van der Waals surface area contributed by atoms with Crippen LogP contribution in [0.5, 0.6) is 0 Å². The van der Waals surface area contributed by atoms with Gasteiger partial charge in [-0.05, 0) is 43.2 Å². The van der Waals surface area contributed by atoms with Gasteiger partial charge in [-0.25, -0.2) is 4.98 Å². The number of amides is 2. The van der Waals surface area contributed by atoms with Gasteiger partial charge in [-0.15, -0.1) is 0 Å². The second-order valence-electron chi connectivity index (χ2n) is 8.85. The summed E-state index contributed by atoms with van der Waals surface area (Å²) < 4.78 is 38.8. The highest BCUT2D eigenvalue weighted by atomic mass is 35.5. The minimum atomic E-state index is -4.56. The van der Waals surface area contributed by atoms with Crippen LogP contribution in [0.15, 0.2) is 67.6 Å². The number of piperidine rings is 1. The zero-order chi connectivity index (χ0) is 28.2. The van der Waals surface area contributed by atoms with Crippen molar-refractivity contribution in [2.75, 3.05) is 23.7 Å². The molecular weight excluding hydrogens is 533 g/mol. The van der Waals surface area contributed by atoms with Crippen molar-refractivity contribution in [2.24, 2.45) is 0 Å². The van der Waals surface area contributed by atoms with E-state index in [1.807, 2.05) is 0 Å². The van der Waals surface area contributed by atoms with Gasteiger partial charge in [0.1, 0.15) is 5.82 Å². The number of rotatable bonds is 7. The molecule has 1 aliphatic heterocycles. The number of alkyl halides is 3. The lowest BCUT2D eigenvalue weighted by Crippen LogP contribution is -2.44. The summed E-state index contributed by atoms with van der Waals surface area (Å²) in [5.41, 5.74) is 0.732. The largest absolute Gasteiger partial charge is 0.416 e. The third kappa shape index (κ3) is 6.61. The molecule has 0 radical (unpaired) electrons. The van der Waals surface area contributed by atoms with Crippen molar-refractivity contribution in [3.63, 3.8) is 0 Å². The highest BCUT2D eigenvalue weighted by molar-refractivity contribution is 6.34. The number of anilines is 2. The summed E-state index contributed by atoms with van der Waals surface area (Å²) in [5, 5.41) is 14.8. The Hall–Kier alpha value is -4.25. The first-order valence-corrected chi connectivity index (χ1v) is 12.3. The van der Waals surface area contributed by atoms with Crippen LogP contribution >= 0.6 is 11.6 Å². The van der Waals surface area contributed by atoms with Crippen molar-refractivity contribution < 1.29 is 22.8 Å². The molecular formula is C27H24ClF3N6O2. The van der Waals surface area contributed by atoms with Crippen LogP contribution in [0, 0.1) is 5.41 Å². The summed E-state index contributed by atoms with van der Waals surface area (Å²) >= 11 is 6.44. The van der Waals surface area contributed by atoms with Gasteiger partial charge in [-0.1, -0.05) is 30.3 Å². The van der Waals surface area contributed by atoms with E-state index in [4.69, 9.17) is 17.0 Å². The third-order valence-corrected chi connectivity index (χ3v) is 6.48. The highest BCUT2D eigenvalue weighted by Crippen LogP contribution is 2.31. The van der Waals surface area contributed by atoms with Gasteiger partial charge in [-0.3, -0.25) is 20.0 Å². The second-order valence-corrected chi connectivity index (χ2v) is 9.26. The van der Waals surface area contributed by atoms with Crippen molar-refractivity contribution >= 4 is 40.6 Å². The molecule has 3 N–H and O–H groups in total. The van der Waals surface area contributed by atoms with Gasteiger partial charge < -0.3 is 15.5 Å². The summed E-state index contributed by atoms with van der Waals surface area (Å²) in [7, 11) is 0. The average molecular weight is 557 g/mol. The molecule has 0 bridgehead atoms. The quantitative estimate of drug-likeness (QED) is 0.266. The Labute approximate surface area is 227 Å². The molecule has 1 atom stereocenters. The molecule has 0 saturated carbocycles. The number of likely N-dealkylation sites (tertiary alicyclic amines) is 1. The van der Waals surface area contributed by atoms with Crippen molar-refractivity contribution in [2.45, 2.75) is 25.1 Å². The van der Waals surface area contributed by atoms with Crippen LogP contribution in [0.25, 0.3) is 0 Å². The number of benzene rings is 1. The molecule has 1 aliphatic rings. The first-order chi connectivity index (χ1) is 18.6. The van der Waals surface area contributed by atoms with E-state index in [2.05, 4.69) is 27.2 Å². The monoisotopic (exact) mass is 556 g/mol. The lowest BCUT2D eigenvalue weighted by atomic mass is 9.99. The van der Waals surface area contributed by atoms with Gasteiger partial charge in [0, 0.05) is 54.4 Å². The van der Waals surface area contributed by atoms with Crippen molar-refractivity contribution in [3.05, 3.63) is 94.9 Å². The second kappa shape index (κ2) is 11.6. The summed E-state index contributed by atoms with van der Waals surface area (Å²) in [4.78, 5) is 34.2. The zero-order valence-corrected chi connectivity index (χ0v) is 21.3. The molecule has 202 valence electrons. The number of carbonyl (C=O) groups is 2. The van der Waals surface area contributed by atoms with E-state index in [0.717, 1.165) is 31.2 Å². The molecule has 1 saturated heterocycles. The molecule has 8 nitrogen and oxygen atoms in total. The van der Waals surface area contributed by atoms with Crippen LogP contribution in [0.4, 0.5) is 24.7 Å². The molecule has 4 rings (SSSR count). The highest BCUT2D eigenvalue weighted by Gasteiger charge is 2.31. The molecule has 12 heteroatoms. The minimum Gasteiger partial charge on any atom is -0.379 e. The van der Waals surface area contributed by atoms with Gasteiger partial charge >= 0.3 is 6.18 Å². The number of pyridine rings is 2. The fourth-order valence-corrected chi connectivity index (χ4v) is 4.42. The normalized spacial score (nSPS) is 15.4. The Balaban J connectivity index is 1.49. The van der Waals surface area contributed by atoms with Crippen molar-refractivity contribution in [1.29, 1.82) is 5.41 Å². The maximum absolute atomic E-state index is 12.9. The molecule has 0 spiro atoms. The maximum Gasteiger partial charge on any atom is 0.416 e. The Morgan fingerprint density at radius 1 is 1.15 bits per heavy atom. The van der Waals surface area contributed by atoms with Crippen molar-refractivity contribution in [1.82, 2.24) is 14.9 Å². The summed E-state index contributed by atoms with van der Waals surface area (Å²) in [6, 6.07) is 7.48. The predicted octanol–water partition coefficient (Wildman–Crippen LogP) is 5.41. The molecule has 2 amide bonds. The number of nitrogens with one attached hydrogen (secondary N) is 3. The molecule has 1 fully saturated rings. The van der Waals surface area contributed by atoms with Crippen LogP contribution < -0.4 is 10.6 Å². The first kappa shape index (κ1) is 27.8. The van der Waals surface area contributed by atoms with E-state index in [0.29, 0.717) is 34.9 Å².